The molecule has 0 atom stereocenters. The molecule has 4 aromatic rings. The van der Waals surface area contributed by atoms with Crippen molar-refractivity contribution in [2.75, 3.05) is 12.4 Å². The number of fused-ring (bicyclic) bond motifs is 1. The molecule has 30 heavy (non-hydrogen) atoms. The summed E-state index contributed by atoms with van der Waals surface area (Å²) in [4.78, 5) is 30.1. The number of amides is 1. The van der Waals surface area contributed by atoms with Crippen LogP contribution >= 0.6 is 22.9 Å². The molecule has 0 unspecified atom stereocenters. The lowest BCUT2D eigenvalue weighted by atomic mass is 10.2. The van der Waals surface area contributed by atoms with Gasteiger partial charge in [0.15, 0.2) is 10.8 Å². The summed E-state index contributed by atoms with van der Waals surface area (Å²) >= 11 is 7.31. The van der Waals surface area contributed by atoms with Gasteiger partial charge >= 0.3 is 0 Å². The topological polar surface area (TPSA) is 86.1 Å². The van der Waals surface area contributed by atoms with Crippen molar-refractivity contribution < 1.29 is 9.53 Å². The van der Waals surface area contributed by atoms with Gasteiger partial charge in [-0.05, 0) is 37.3 Å². The number of carbonyl (C=O) groups excluding carboxylic acids is 1. The zero-order valence-corrected chi connectivity index (χ0v) is 17.8. The van der Waals surface area contributed by atoms with Gasteiger partial charge in [0.2, 0.25) is 5.43 Å². The molecule has 0 aliphatic rings. The third-order valence-electron chi connectivity index (χ3n) is 4.52. The van der Waals surface area contributed by atoms with E-state index in [1.165, 1.54) is 11.3 Å². The van der Waals surface area contributed by atoms with E-state index < -0.39 is 11.3 Å². The lowest BCUT2D eigenvalue weighted by Crippen LogP contribution is -2.27. The summed E-state index contributed by atoms with van der Waals surface area (Å²) in [7, 11) is 1.60. The Morgan fingerprint density at radius 3 is 2.87 bits per heavy atom. The van der Waals surface area contributed by atoms with Crippen molar-refractivity contribution >= 4 is 44.9 Å². The number of ether oxygens (including phenoxy) is 1. The molecule has 0 aliphatic heterocycles. The third kappa shape index (κ3) is 3.79. The highest BCUT2D eigenvalue weighted by atomic mass is 35.5. The van der Waals surface area contributed by atoms with Crippen molar-refractivity contribution in [2.24, 2.45) is 0 Å². The Bertz CT molecular complexity index is 1320. The van der Waals surface area contributed by atoms with Crippen LogP contribution in [0.3, 0.4) is 0 Å². The summed E-state index contributed by atoms with van der Waals surface area (Å²) in [6.07, 6.45) is 0. The lowest BCUT2D eigenvalue weighted by Gasteiger charge is -2.10. The quantitative estimate of drug-likeness (QED) is 0.495. The van der Waals surface area contributed by atoms with Gasteiger partial charge in [-0.25, -0.2) is 4.98 Å². The van der Waals surface area contributed by atoms with Crippen LogP contribution < -0.4 is 15.5 Å². The van der Waals surface area contributed by atoms with Crippen LogP contribution in [0.1, 0.15) is 17.4 Å². The van der Waals surface area contributed by atoms with E-state index in [0.29, 0.717) is 39.0 Å². The van der Waals surface area contributed by atoms with Crippen molar-refractivity contribution in [1.82, 2.24) is 14.8 Å². The highest BCUT2D eigenvalue weighted by Crippen LogP contribution is 2.27. The highest BCUT2D eigenvalue weighted by Gasteiger charge is 2.19. The Labute approximate surface area is 180 Å². The molecule has 1 amide bonds. The molecule has 0 aliphatic carbocycles. The van der Waals surface area contributed by atoms with Gasteiger partial charge < -0.3 is 4.74 Å². The van der Waals surface area contributed by atoms with Crippen molar-refractivity contribution in [1.29, 1.82) is 0 Å². The van der Waals surface area contributed by atoms with Crippen LogP contribution in [0.15, 0.2) is 52.6 Å². The fraction of sp³-hybridized carbons (Fsp3) is 0.143. The average Bonchev–Trinajstić information content (AvgIpc) is 3.22. The third-order valence-corrected chi connectivity index (χ3v) is 5.51. The molecule has 2 aromatic carbocycles. The molecule has 9 heteroatoms. The number of nitrogens with one attached hydrogen (secondary N) is 1. The van der Waals surface area contributed by atoms with E-state index in [0.717, 1.165) is 5.56 Å². The number of aryl methyl sites for hydroxylation is 1. The maximum Gasteiger partial charge on any atom is 0.281 e. The number of halogens is 1. The molecule has 0 bridgehead atoms. The van der Waals surface area contributed by atoms with Gasteiger partial charge in [-0.1, -0.05) is 23.7 Å². The number of anilines is 1. The maximum absolute atomic E-state index is 12.9. The van der Waals surface area contributed by atoms with Crippen molar-refractivity contribution in [2.45, 2.75) is 13.5 Å². The van der Waals surface area contributed by atoms with Gasteiger partial charge in [-0.3, -0.25) is 19.6 Å². The van der Waals surface area contributed by atoms with Gasteiger partial charge in [-0.2, -0.15) is 5.10 Å². The predicted molar refractivity (Wildman–Crippen MR) is 119 cm³/mol. The Kier molecular flexibility index (Phi) is 5.52. The van der Waals surface area contributed by atoms with E-state index in [4.69, 9.17) is 16.3 Å². The summed E-state index contributed by atoms with van der Waals surface area (Å²) in [5, 5.41) is 9.88. The first-order chi connectivity index (χ1) is 14.5. The highest BCUT2D eigenvalue weighted by molar-refractivity contribution is 7.14. The zero-order valence-electron chi connectivity index (χ0n) is 16.2. The molecule has 2 heterocycles. The van der Waals surface area contributed by atoms with Gasteiger partial charge in [0, 0.05) is 22.5 Å². The zero-order chi connectivity index (χ0) is 21.3. The molecule has 0 fully saturated rings. The normalized spacial score (nSPS) is 10.9. The second kappa shape index (κ2) is 8.25. The van der Waals surface area contributed by atoms with Gasteiger partial charge in [0.1, 0.15) is 5.75 Å². The van der Waals surface area contributed by atoms with E-state index in [9.17, 15) is 9.59 Å². The largest absolute Gasteiger partial charge is 0.497 e. The molecular weight excluding hydrogens is 424 g/mol. The van der Waals surface area contributed by atoms with Crippen LogP contribution in [-0.2, 0) is 6.54 Å². The molecule has 0 saturated heterocycles. The minimum atomic E-state index is -0.615. The minimum Gasteiger partial charge on any atom is -0.497 e. The number of hydrogen-bond donors (Lipinski definition) is 1. The Hall–Kier alpha value is -3.23. The summed E-state index contributed by atoms with van der Waals surface area (Å²) in [5.41, 5.74) is 1.50. The molecule has 1 N–H and O–H groups in total. The molecule has 152 valence electrons. The van der Waals surface area contributed by atoms with Gasteiger partial charge in [0.05, 0.1) is 23.7 Å². The standard InChI is InChI=1S/C21H17ClN4O3S/c1-3-26-17-8-7-13(22)10-15(17)19(27)18(25-26)20(28)24-21-23-16(11-30-21)12-5-4-6-14(9-12)29-2/h4-11H,3H2,1-2H3,(H,23,24,28). The first-order valence-electron chi connectivity index (χ1n) is 9.12. The Morgan fingerprint density at radius 1 is 1.27 bits per heavy atom. The van der Waals surface area contributed by atoms with Crippen LogP contribution in [0.2, 0.25) is 5.02 Å². The van der Waals surface area contributed by atoms with E-state index in [1.807, 2.05) is 36.6 Å². The second-order valence-corrected chi connectivity index (χ2v) is 7.67. The molecule has 4 rings (SSSR count). The predicted octanol–water partition coefficient (Wildman–Crippen LogP) is 4.45. The lowest BCUT2D eigenvalue weighted by molar-refractivity contribution is 0.101. The molecule has 2 aromatic heterocycles. The van der Waals surface area contributed by atoms with Crippen LogP contribution in [0, 0.1) is 0 Å². The number of aromatic nitrogens is 3. The summed E-state index contributed by atoms with van der Waals surface area (Å²) in [6.45, 7) is 2.38. The number of carbonyl (C=O) groups is 1. The fourth-order valence-electron chi connectivity index (χ4n) is 3.05. The number of rotatable bonds is 5. The smallest absolute Gasteiger partial charge is 0.281 e. The molecule has 0 saturated carbocycles. The van der Waals surface area contributed by atoms with Gasteiger partial charge in [0.25, 0.3) is 5.91 Å². The van der Waals surface area contributed by atoms with Crippen LogP contribution in [-0.4, -0.2) is 27.8 Å². The van der Waals surface area contributed by atoms with E-state index >= 15 is 0 Å². The average molecular weight is 441 g/mol. The first kappa shape index (κ1) is 20.1. The molecule has 0 radical (unpaired) electrons. The molecule has 0 spiro atoms. The number of nitrogens with zero attached hydrogens (tertiary/aromatic N) is 3. The number of thiazole rings is 1. The van der Waals surface area contributed by atoms with Crippen molar-refractivity contribution in [3.8, 4) is 17.0 Å². The number of methoxy groups -OCH3 is 1. The van der Waals surface area contributed by atoms with E-state index in [-0.39, 0.29) is 5.69 Å². The van der Waals surface area contributed by atoms with Crippen LogP contribution in [0.5, 0.6) is 5.75 Å². The maximum atomic E-state index is 12.9. The SMILES string of the molecule is CCn1nc(C(=O)Nc2nc(-c3cccc(OC)c3)cs2)c(=O)c2cc(Cl)ccc21. The second-order valence-electron chi connectivity index (χ2n) is 6.38. The molecular formula is C21H17ClN4O3S. The Balaban J connectivity index is 1.66. The number of benzene rings is 2. The summed E-state index contributed by atoms with van der Waals surface area (Å²) in [6, 6.07) is 12.4. The first-order valence-corrected chi connectivity index (χ1v) is 10.4. The van der Waals surface area contributed by atoms with Gasteiger partial charge in [-0.15, -0.1) is 11.3 Å². The Morgan fingerprint density at radius 2 is 2.10 bits per heavy atom. The minimum absolute atomic E-state index is 0.204. The number of hydrogen-bond acceptors (Lipinski definition) is 6. The molecule has 7 nitrogen and oxygen atoms in total. The summed E-state index contributed by atoms with van der Waals surface area (Å²) in [5.74, 6) is 0.0980. The monoisotopic (exact) mass is 440 g/mol. The van der Waals surface area contributed by atoms with Crippen molar-refractivity contribution in [3.05, 3.63) is 68.8 Å². The van der Waals surface area contributed by atoms with E-state index in [2.05, 4.69) is 15.4 Å². The van der Waals surface area contributed by atoms with Crippen LogP contribution in [0.25, 0.3) is 22.2 Å². The van der Waals surface area contributed by atoms with Crippen molar-refractivity contribution in [3.63, 3.8) is 0 Å². The van der Waals surface area contributed by atoms with E-state index in [1.54, 1.807) is 30.0 Å². The van der Waals surface area contributed by atoms with Crippen LogP contribution in [0.4, 0.5) is 5.13 Å². The summed E-state index contributed by atoms with van der Waals surface area (Å²) < 4.78 is 6.84. The fourth-order valence-corrected chi connectivity index (χ4v) is 3.94.